The summed E-state index contributed by atoms with van der Waals surface area (Å²) in [6.45, 7) is 12.9. The van der Waals surface area contributed by atoms with Crippen molar-refractivity contribution in [2.45, 2.75) is 47.0 Å². The van der Waals surface area contributed by atoms with Crippen molar-refractivity contribution < 1.29 is 15.1 Å². The average molecular weight is 393 g/mol. The van der Waals surface area contributed by atoms with Crippen LogP contribution in [-0.2, 0) is 4.79 Å². The fraction of sp³-hybridized carbons (Fsp3) is 0.619. The fourth-order valence-corrected chi connectivity index (χ4v) is 3.16. The quantitative estimate of drug-likeness (QED) is 0.198. The maximum Gasteiger partial charge on any atom is 0.303 e. The maximum absolute atomic E-state index is 11.1. The van der Waals surface area contributed by atoms with Gasteiger partial charge in [-0.2, -0.15) is 0 Å². The van der Waals surface area contributed by atoms with E-state index in [-0.39, 0.29) is 12.3 Å². The molecule has 4 N–H and O–H groups in total. The molecule has 0 radical (unpaired) electrons. The second-order valence-corrected chi connectivity index (χ2v) is 8.12. The molecule has 0 fully saturated rings. The van der Waals surface area contributed by atoms with Crippen LogP contribution in [0.25, 0.3) is 0 Å². The first kappa shape index (κ1) is 23.6. The largest absolute Gasteiger partial charge is 0.481 e. The minimum absolute atomic E-state index is 0.0837. The highest BCUT2D eigenvalue weighted by atomic mass is 16.4. The molecule has 1 unspecified atom stereocenters. The molecule has 0 bridgehead atoms. The van der Waals surface area contributed by atoms with E-state index in [0.29, 0.717) is 24.2 Å². The number of likely N-dealkylation sites (N-methyl/N-ethyl adjacent to an activating group) is 1. The number of hydrogen-bond acceptors (Lipinski definition) is 5. The number of benzene rings is 1. The maximum atomic E-state index is 11.1. The topological polar surface area (TPSA) is 97.2 Å². The summed E-state index contributed by atoms with van der Waals surface area (Å²) in [5.41, 5.74) is 2.95. The molecule has 0 aliphatic heterocycles. The lowest BCUT2D eigenvalue weighted by Crippen LogP contribution is -2.33. The van der Waals surface area contributed by atoms with E-state index in [2.05, 4.69) is 54.5 Å². The summed E-state index contributed by atoms with van der Waals surface area (Å²) in [7, 11) is 1.70. The van der Waals surface area contributed by atoms with Crippen LogP contribution in [0.5, 0.6) is 0 Å². The molecule has 0 aromatic heterocycles. The van der Waals surface area contributed by atoms with E-state index in [0.717, 1.165) is 30.0 Å². The van der Waals surface area contributed by atoms with Gasteiger partial charge in [0.1, 0.15) is 0 Å². The van der Waals surface area contributed by atoms with E-state index in [1.807, 2.05) is 19.1 Å². The molecule has 7 nitrogen and oxygen atoms in total. The third kappa shape index (κ3) is 7.66. The van der Waals surface area contributed by atoms with Gasteiger partial charge in [-0.1, -0.05) is 45.8 Å². The van der Waals surface area contributed by atoms with Gasteiger partial charge in [-0.3, -0.25) is 4.79 Å². The first-order chi connectivity index (χ1) is 13.2. The number of carboxylic acid groups (broad SMARTS) is 1. The van der Waals surface area contributed by atoms with Crippen molar-refractivity contribution in [1.82, 2.24) is 5.32 Å². The fourth-order valence-electron chi connectivity index (χ4n) is 3.16. The number of hydrogen-bond donors (Lipinski definition) is 4. The summed E-state index contributed by atoms with van der Waals surface area (Å²) < 4.78 is 0. The Kier molecular flexibility index (Phi) is 9.62. The molecule has 1 aromatic carbocycles. The molecule has 0 saturated heterocycles. The molecular weight excluding hydrogens is 356 g/mol. The monoisotopic (exact) mass is 392 g/mol. The average Bonchev–Trinajstić information content (AvgIpc) is 2.60. The molecule has 1 rings (SSSR count). The Morgan fingerprint density at radius 3 is 2.21 bits per heavy atom. The lowest BCUT2D eigenvalue weighted by Gasteiger charge is -2.31. The first-order valence-electron chi connectivity index (χ1n) is 9.91. The number of oxime groups is 1. The minimum Gasteiger partial charge on any atom is -0.481 e. The zero-order valence-corrected chi connectivity index (χ0v) is 18.0. The third-order valence-corrected chi connectivity index (χ3v) is 4.44. The van der Waals surface area contributed by atoms with Crippen LogP contribution in [0.15, 0.2) is 23.4 Å². The molecule has 28 heavy (non-hydrogen) atoms. The number of anilines is 2. The number of rotatable bonds is 11. The number of aliphatic carboxylic acids is 1. The molecule has 7 heteroatoms. The van der Waals surface area contributed by atoms with Gasteiger partial charge in [0.05, 0.1) is 24.3 Å². The zero-order valence-electron chi connectivity index (χ0n) is 18.0. The normalized spacial score (nSPS) is 12.9. The van der Waals surface area contributed by atoms with Crippen LogP contribution in [0.3, 0.4) is 0 Å². The molecule has 0 spiro atoms. The van der Waals surface area contributed by atoms with Crippen molar-refractivity contribution in [3.63, 3.8) is 0 Å². The Morgan fingerprint density at radius 1 is 1.14 bits per heavy atom. The molecule has 0 amide bonds. The van der Waals surface area contributed by atoms with Gasteiger partial charge in [0.15, 0.2) is 5.84 Å². The number of carboxylic acids is 1. The van der Waals surface area contributed by atoms with Crippen molar-refractivity contribution >= 4 is 23.2 Å². The smallest absolute Gasteiger partial charge is 0.303 e. The Balaban J connectivity index is 3.28. The molecule has 0 aliphatic carbocycles. The Hall–Kier alpha value is -2.44. The second-order valence-electron chi connectivity index (χ2n) is 8.12. The van der Waals surface area contributed by atoms with E-state index in [9.17, 15) is 4.79 Å². The van der Waals surface area contributed by atoms with Crippen LogP contribution in [-0.4, -0.2) is 48.8 Å². The molecule has 1 aromatic rings. The van der Waals surface area contributed by atoms with Gasteiger partial charge in [-0.25, -0.2) is 0 Å². The number of nitrogens with zero attached hydrogens (tertiary/aromatic N) is 2. The van der Waals surface area contributed by atoms with Crippen molar-refractivity contribution in [2.24, 2.45) is 17.0 Å². The summed E-state index contributed by atoms with van der Waals surface area (Å²) >= 11 is 0. The van der Waals surface area contributed by atoms with E-state index >= 15 is 0 Å². The van der Waals surface area contributed by atoms with Crippen LogP contribution in [0.4, 0.5) is 11.4 Å². The van der Waals surface area contributed by atoms with Crippen LogP contribution < -0.4 is 15.5 Å². The third-order valence-electron chi connectivity index (χ3n) is 4.44. The molecule has 0 aliphatic rings. The zero-order chi connectivity index (χ0) is 21.3. The van der Waals surface area contributed by atoms with Gasteiger partial charge in [0, 0.05) is 20.1 Å². The lowest BCUT2D eigenvalue weighted by molar-refractivity contribution is -0.137. The van der Waals surface area contributed by atoms with Crippen LogP contribution >= 0.6 is 0 Å². The van der Waals surface area contributed by atoms with Gasteiger partial charge in [-0.15, -0.1) is 0 Å². The van der Waals surface area contributed by atoms with E-state index in [1.54, 1.807) is 7.05 Å². The Morgan fingerprint density at radius 2 is 1.75 bits per heavy atom. The van der Waals surface area contributed by atoms with Crippen molar-refractivity contribution in [2.75, 3.05) is 36.9 Å². The van der Waals surface area contributed by atoms with Gasteiger partial charge < -0.3 is 25.8 Å². The highest BCUT2D eigenvalue weighted by molar-refractivity contribution is 5.87. The van der Waals surface area contributed by atoms with Crippen molar-refractivity contribution in [3.8, 4) is 0 Å². The van der Waals surface area contributed by atoms with E-state index < -0.39 is 5.97 Å². The molecule has 0 saturated carbocycles. The SMILES string of the molecule is CN/C(CNc1cc(C(C)CC(=O)O)ccc1N(CC(C)C)CC(C)C)=N\O. The minimum atomic E-state index is -0.808. The van der Waals surface area contributed by atoms with Gasteiger partial charge in [-0.05, 0) is 35.4 Å². The summed E-state index contributed by atoms with van der Waals surface area (Å²) in [6.07, 6.45) is 0.0837. The Labute approximate surface area is 168 Å². The molecule has 0 heterocycles. The standard InChI is InChI=1S/C21H36N4O3/c1-14(2)12-25(13-15(3)4)19-8-7-17(16(5)9-21(26)27)10-18(19)23-11-20(22-6)24-28/h7-8,10,14-16,23,28H,9,11-13H2,1-6H3,(H,22,24)(H,26,27). The number of amidine groups is 1. The van der Waals surface area contributed by atoms with E-state index in [1.165, 1.54) is 0 Å². The van der Waals surface area contributed by atoms with Gasteiger partial charge in [0.2, 0.25) is 0 Å². The van der Waals surface area contributed by atoms with Crippen molar-refractivity contribution in [3.05, 3.63) is 23.8 Å². The molecule has 1 atom stereocenters. The van der Waals surface area contributed by atoms with Crippen molar-refractivity contribution in [1.29, 1.82) is 0 Å². The van der Waals surface area contributed by atoms with Crippen LogP contribution in [0.1, 0.15) is 52.5 Å². The second kappa shape index (κ2) is 11.4. The Bertz CT molecular complexity index is 649. The summed E-state index contributed by atoms with van der Waals surface area (Å²) in [6, 6.07) is 6.10. The van der Waals surface area contributed by atoms with Crippen LogP contribution in [0, 0.1) is 11.8 Å². The molecule has 158 valence electrons. The number of carbonyl (C=O) groups is 1. The van der Waals surface area contributed by atoms with E-state index in [4.69, 9.17) is 10.3 Å². The lowest BCUT2D eigenvalue weighted by atomic mass is 9.96. The predicted octanol–water partition coefficient (Wildman–Crippen LogP) is 3.80. The summed E-state index contributed by atoms with van der Waals surface area (Å²) in [5, 5.41) is 27.6. The van der Waals surface area contributed by atoms with Gasteiger partial charge >= 0.3 is 5.97 Å². The number of nitrogens with one attached hydrogen (secondary N) is 2. The highest BCUT2D eigenvalue weighted by Gasteiger charge is 2.18. The predicted molar refractivity (Wildman–Crippen MR) is 116 cm³/mol. The summed E-state index contributed by atoms with van der Waals surface area (Å²) in [5.74, 6) is 0.533. The molecular formula is C21H36N4O3. The van der Waals surface area contributed by atoms with Gasteiger partial charge in [0.25, 0.3) is 0 Å². The van der Waals surface area contributed by atoms with Crippen LogP contribution in [0.2, 0.25) is 0 Å². The first-order valence-corrected chi connectivity index (χ1v) is 9.91. The summed E-state index contributed by atoms with van der Waals surface area (Å²) in [4.78, 5) is 13.5. The highest BCUT2D eigenvalue weighted by Crippen LogP contribution is 2.32.